The van der Waals surface area contributed by atoms with E-state index in [4.69, 9.17) is 4.98 Å². The lowest BCUT2D eigenvalue weighted by atomic mass is 10.2. The molecule has 22 heavy (non-hydrogen) atoms. The van der Waals surface area contributed by atoms with Gasteiger partial charge in [-0.05, 0) is 50.3 Å². The van der Waals surface area contributed by atoms with Crippen LogP contribution in [0.2, 0.25) is 0 Å². The molecule has 1 N–H and O–H groups in total. The molecule has 1 aromatic carbocycles. The summed E-state index contributed by atoms with van der Waals surface area (Å²) >= 11 is 1.55. The van der Waals surface area contributed by atoms with Gasteiger partial charge in [-0.15, -0.1) is 0 Å². The first kappa shape index (κ1) is 14.8. The minimum atomic E-state index is 0.833. The predicted octanol–water partition coefficient (Wildman–Crippen LogP) is 3.81. The third kappa shape index (κ3) is 3.55. The van der Waals surface area contributed by atoms with Crippen LogP contribution in [0.4, 0.5) is 5.69 Å². The molecule has 112 valence electrons. The molecule has 5 heteroatoms. The molecule has 0 aliphatic heterocycles. The molecule has 0 spiro atoms. The topological polar surface area (TPSA) is 41.0 Å². The molecule has 3 rings (SSSR count). The van der Waals surface area contributed by atoms with Gasteiger partial charge in [0.05, 0.1) is 16.9 Å². The van der Waals surface area contributed by atoms with E-state index in [2.05, 4.69) is 38.9 Å². The van der Waals surface area contributed by atoms with E-state index >= 15 is 0 Å². The summed E-state index contributed by atoms with van der Waals surface area (Å²) in [4.78, 5) is 12.1. The molecule has 0 aliphatic rings. The first-order valence-electron chi connectivity index (χ1n) is 7.08. The standard InChI is InChI=1S/C17H18N4S/c1-21(2)12-14-9-8-13-5-3-7-16(17(13)19-14)20-22-15-6-4-10-18-11-15/h3-11,20H,12H2,1-2H3. The number of nitrogens with zero attached hydrogens (tertiary/aromatic N) is 3. The zero-order chi connectivity index (χ0) is 15.4. The average Bonchev–Trinajstić information content (AvgIpc) is 2.53. The minimum Gasteiger partial charge on any atom is -0.324 e. The zero-order valence-electron chi connectivity index (χ0n) is 12.7. The van der Waals surface area contributed by atoms with Gasteiger partial charge in [-0.3, -0.25) is 4.98 Å². The fourth-order valence-electron chi connectivity index (χ4n) is 2.20. The molecule has 0 aliphatic carbocycles. The number of nitrogens with one attached hydrogen (secondary N) is 1. The maximum Gasteiger partial charge on any atom is 0.0945 e. The van der Waals surface area contributed by atoms with Crippen molar-refractivity contribution in [2.24, 2.45) is 0 Å². The zero-order valence-corrected chi connectivity index (χ0v) is 13.5. The smallest absolute Gasteiger partial charge is 0.0945 e. The summed E-state index contributed by atoms with van der Waals surface area (Å²) in [6, 6.07) is 14.4. The monoisotopic (exact) mass is 310 g/mol. The van der Waals surface area contributed by atoms with Gasteiger partial charge in [-0.25, -0.2) is 4.98 Å². The first-order valence-corrected chi connectivity index (χ1v) is 7.90. The quantitative estimate of drug-likeness (QED) is 0.726. The largest absolute Gasteiger partial charge is 0.324 e. The second-order valence-electron chi connectivity index (χ2n) is 5.31. The summed E-state index contributed by atoms with van der Waals surface area (Å²) in [5.74, 6) is 0. The Bertz CT molecular complexity index is 759. The predicted molar refractivity (Wildman–Crippen MR) is 92.9 cm³/mol. The Morgan fingerprint density at radius 3 is 2.77 bits per heavy atom. The van der Waals surface area contributed by atoms with Crippen LogP contribution < -0.4 is 4.72 Å². The molecule has 2 heterocycles. The summed E-state index contributed by atoms with van der Waals surface area (Å²) in [7, 11) is 4.10. The van der Waals surface area contributed by atoms with Crippen molar-refractivity contribution in [1.29, 1.82) is 0 Å². The van der Waals surface area contributed by atoms with Gasteiger partial charge in [-0.1, -0.05) is 18.2 Å². The number of hydrogen-bond acceptors (Lipinski definition) is 5. The highest BCUT2D eigenvalue weighted by Crippen LogP contribution is 2.26. The van der Waals surface area contributed by atoms with Crippen LogP contribution in [0.5, 0.6) is 0 Å². The third-order valence-electron chi connectivity index (χ3n) is 3.17. The SMILES string of the molecule is CN(C)Cc1ccc2cccc(NSc3cccnc3)c2n1. The Kier molecular flexibility index (Phi) is 4.56. The lowest BCUT2D eigenvalue weighted by molar-refractivity contribution is 0.397. The summed E-state index contributed by atoms with van der Waals surface area (Å²) in [5.41, 5.74) is 3.09. The second-order valence-corrected chi connectivity index (χ2v) is 6.19. The molecule has 4 nitrogen and oxygen atoms in total. The number of pyridine rings is 2. The molecule has 0 radical (unpaired) electrons. The minimum absolute atomic E-state index is 0.833. The Morgan fingerprint density at radius 1 is 1.09 bits per heavy atom. The van der Waals surface area contributed by atoms with Crippen LogP contribution in [-0.4, -0.2) is 29.0 Å². The van der Waals surface area contributed by atoms with E-state index in [9.17, 15) is 0 Å². The maximum absolute atomic E-state index is 4.79. The molecule has 0 atom stereocenters. The fourth-order valence-corrected chi connectivity index (χ4v) is 2.86. The highest BCUT2D eigenvalue weighted by molar-refractivity contribution is 8.00. The van der Waals surface area contributed by atoms with Gasteiger partial charge < -0.3 is 9.62 Å². The van der Waals surface area contributed by atoms with E-state index in [1.807, 2.05) is 38.5 Å². The van der Waals surface area contributed by atoms with Crippen LogP contribution in [0.1, 0.15) is 5.69 Å². The molecular weight excluding hydrogens is 292 g/mol. The number of fused-ring (bicyclic) bond motifs is 1. The normalized spacial score (nSPS) is 11.0. The molecule has 0 fully saturated rings. The second kappa shape index (κ2) is 6.77. The van der Waals surface area contributed by atoms with Crippen LogP contribution in [0.15, 0.2) is 59.8 Å². The van der Waals surface area contributed by atoms with Crippen molar-refractivity contribution in [2.75, 3.05) is 18.8 Å². The van der Waals surface area contributed by atoms with E-state index in [1.165, 1.54) is 0 Å². The molecule has 3 aromatic rings. The number of anilines is 1. The van der Waals surface area contributed by atoms with Crippen molar-refractivity contribution in [2.45, 2.75) is 11.4 Å². The molecule has 0 bridgehead atoms. The number of para-hydroxylation sites is 1. The van der Waals surface area contributed by atoms with Crippen LogP contribution in [0, 0.1) is 0 Å². The van der Waals surface area contributed by atoms with E-state index in [-0.39, 0.29) is 0 Å². The average molecular weight is 310 g/mol. The Hall–Kier alpha value is -2.11. The van der Waals surface area contributed by atoms with Crippen molar-refractivity contribution in [3.8, 4) is 0 Å². The molecule has 0 saturated heterocycles. The summed E-state index contributed by atoms with van der Waals surface area (Å²) in [6.07, 6.45) is 3.62. The number of benzene rings is 1. The van der Waals surface area contributed by atoms with E-state index in [0.717, 1.165) is 33.7 Å². The summed E-state index contributed by atoms with van der Waals surface area (Å²) < 4.78 is 3.39. The molecule has 0 saturated carbocycles. The lowest BCUT2D eigenvalue weighted by Crippen LogP contribution is -2.11. The van der Waals surface area contributed by atoms with Crippen LogP contribution in [0.3, 0.4) is 0 Å². The van der Waals surface area contributed by atoms with Crippen molar-refractivity contribution >= 4 is 28.5 Å². The molecular formula is C17H18N4S. The van der Waals surface area contributed by atoms with Gasteiger partial charge >= 0.3 is 0 Å². The van der Waals surface area contributed by atoms with Crippen LogP contribution in [0.25, 0.3) is 10.9 Å². The highest BCUT2D eigenvalue weighted by atomic mass is 32.2. The van der Waals surface area contributed by atoms with Crippen LogP contribution >= 0.6 is 11.9 Å². The number of hydrogen-bond donors (Lipinski definition) is 1. The Labute approximate surface area is 134 Å². The van der Waals surface area contributed by atoms with Gasteiger partial charge in [0.25, 0.3) is 0 Å². The van der Waals surface area contributed by atoms with Gasteiger partial charge in [0.1, 0.15) is 0 Å². The van der Waals surface area contributed by atoms with Gasteiger partial charge in [0, 0.05) is 29.2 Å². The Morgan fingerprint density at radius 2 is 2.00 bits per heavy atom. The molecule has 0 amide bonds. The third-order valence-corrected chi connectivity index (χ3v) is 3.97. The van der Waals surface area contributed by atoms with Gasteiger partial charge in [0.2, 0.25) is 0 Å². The van der Waals surface area contributed by atoms with Crippen molar-refractivity contribution < 1.29 is 0 Å². The first-order chi connectivity index (χ1) is 10.7. The number of aromatic nitrogens is 2. The van der Waals surface area contributed by atoms with Gasteiger partial charge in [-0.2, -0.15) is 0 Å². The maximum atomic E-state index is 4.79. The van der Waals surface area contributed by atoms with E-state index < -0.39 is 0 Å². The summed E-state index contributed by atoms with van der Waals surface area (Å²) in [5, 5.41) is 1.14. The van der Waals surface area contributed by atoms with E-state index in [0.29, 0.717) is 0 Å². The highest BCUT2D eigenvalue weighted by Gasteiger charge is 2.05. The fraction of sp³-hybridized carbons (Fsp3) is 0.176. The van der Waals surface area contributed by atoms with Crippen molar-refractivity contribution in [3.63, 3.8) is 0 Å². The van der Waals surface area contributed by atoms with Crippen molar-refractivity contribution in [1.82, 2.24) is 14.9 Å². The Balaban J connectivity index is 1.87. The lowest BCUT2D eigenvalue weighted by Gasteiger charge is -2.12. The van der Waals surface area contributed by atoms with Crippen LogP contribution in [-0.2, 0) is 6.54 Å². The molecule has 0 unspecified atom stereocenters. The van der Waals surface area contributed by atoms with Crippen molar-refractivity contribution in [3.05, 3.63) is 60.6 Å². The van der Waals surface area contributed by atoms with Gasteiger partial charge in [0.15, 0.2) is 0 Å². The molecule has 2 aromatic heterocycles. The number of rotatable bonds is 5. The summed E-state index contributed by atoms with van der Waals surface area (Å²) in [6.45, 7) is 0.833. The van der Waals surface area contributed by atoms with E-state index in [1.54, 1.807) is 18.1 Å².